The van der Waals surface area contributed by atoms with Crippen molar-refractivity contribution in [1.82, 2.24) is 0 Å². The van der Waals surface area contributed by atoms with Crippen molar-refractivity contribution in [3.63, 3.8) is 0 Å². The number of hydrogen-bond donors (Lipinski definition) is 0. The van der Waals surface area contributed by atoms with Crippen LogP contribution in [-0.2, 0) is 12.3 Å². The van der Waals surface area contributed by atoms with Gasteiger partial charge in [-0.1, -0.05) is 31.2 Å². The third kappa shape index (κ3) is 3.02. The Kier molecular flexibility index (Phi) is 3.79. The number of halogens is 2. The predicted molar refractivity (Wildman–Crippen MR) is 54.6 cm³/mol. The molecule has 0 heterocycles. The molecule has 0 aromatic heterocycles. The van der Waals surface area contributed by atoms with Crippen LogP contribution in [0.1, 0.15) is 30.9 Å². The van der Waals surface area contributed by atoms with E-state index in [1.165, 1.54) is 12.1 Å². The van der Waals surface area contributed by atoms with Crippen LogP contribution in [-0.4, -0.2) is 0 Å². The normalized spacial score (nSPS) is 11.1. The Morgan fingerprint density at radius 1 is 1.27 bits per heavy atom. The predicted octanol–water partition coefficient (Wildman–Crippen LogP) is 3.64. The van der Waals surface area contributed by atoms with Gasteiger partial charge in [-0.25, -0.2) is 8.78 Å². The number of nitriles is 1. The number of benzene rings is 1. The van der Waals surface area contributed by atoms with Crippen LogP contribution >= 0.6 is 0 Å². The fourth-order valence-electron chi connectivity index (χ4n) is 1.34. The summed E-state index contributed by atoms with van der Waals surface area (Å²) < 4.78 is 26.9. The molecule has 0 N–H and O–H groups in total. The highest BCUT2D eigenvalue weighted by atomic mass is 19.3. The van der Waals surface area contributed by atoms with Gasteiger partial charge in [0, 0.05) is 18.4 Å². The summed E-state index contributed by atoms with van der Waals surface area (Å²) in [6.07, 6.45) is 0.307. The molecule has 0 unspecified atom stereocenters. The largest absolute Gasteiger partial charge is 0.274 e. The molecular formula is C12H13F2N. The number of rotatable bonds is 4. The second-order valence-electron chi connectivity index (χ2n) is 3.41. The van der Waals surface area contributed by atoms with Gasteiger partial charge >= 0.3 is 0 Å². The van der Waals surface area contributed by atoms with Crippen molar-refractivity contribution in [2.24, 2.45) is 0 Å². The summed E-state index contributed by atoms with van der Waals surface area (Å²) in [5, 5.41) is 8.28. The minimum Gasteiger partial charge on any atom is -0.201 e. The summed E-state index contributed by atoms with van der Waals surface area (Å²) >= 11 is 0. The van der Waals surface area contributed by atoms with E-state index >= 15 is 0 Å². The molecule has 15 heavy (non-hydrogen) atoms. The zero-order valence-corrected chi connectivity index (χ0v) is 8.63. The van der Waals surface area contributed by atoms with E-state index in [9.17, 15) is 8.78 Å². The van der Waals surface area contributed by atoms with Crippen LogP contribution in [0.25, 0.3) is 0 Å². The van der Waals surface area contributed by atoms with Crippen molar-refractivity contribution in [3.8, 4) is 6.07 Å². The number of hydrogen-bond acceptors (Lipinski definition) is 1. The lowest BCUT2D eigenvalue weighted by Crippen LogP contribution is -2.12. The maximum atomic E-state index is 13.4. The molecule has 0 aliphatic heterocycles. The summed E-state index contributed by atoms with van der Waals surface area (Å²) in [4.78, 5) is 0. The number of nitrogens with zero attached hydrogens (tertiary/aromatic N) is 1. The summed E-state index contributed by atoms with van der Waals surface area (Å²) in [6, 6.07) is 8.03. The first kappa shape index (κ1) is 11.6. The molecule has 1 aromatic rings. The average Bonchev–Trinajstić information content (AvgIpc) is 2.26. The smallest absolute Gasteiger partial charge is 0.201 e. The van der Waals surface area contributed by atoms with Gasteiger partial charge in [-0.15, -0.1) is 0 Å². The van der Waals surface area contributed by atoms with Crippen molar-refractivity contribution >= 4 is 0 Å². The van der Waals surface area contributed by atoms with E-state index in [1.807, 2.05) is 6.92 Å². The lowest BCUT2D eigenvalue weighted by atomic mass is 10.0. The zero-order valence-electron chi connectivity index (χ0n) is 8.63. The van der Waals surface area contributed by atoms with Gasteiger partial charge in [0.15, 0.2) is 0 Å². The van der Waals surface area contributed by atoms with Crippen LogP contribution < -0.4 is 0 Å². The molecule has 0 radical (unpaired) electrons. The molecule has 0 bridgehead atoms. The van der Waals surface area contributed by atoms with Gasteiger partial charge in [0.25, 0.3) is 5.92 Å². The molecular weight excluding hydrogens is 196 g/mol. The quantitative estimate of drug-likeness (QED) is 0.742. The second-order valence-corrected chi connectivity index (χ2v) is 3.41. The molecule has 80 valence electrons. The molecule has 1 rings (SSSR count). The topological polar surface area (TPSA) is 23.8 Å². The first-order valence-corrected chi connectivity index (χ1v) is 4.94. The molecule has 0 saturated heterocycles. The van der Waals surface area contributed by atoms with Crippen LogP contribution in [0.2, 0.25) is 0 Å². The van der Waals surface area contributed by atoms with Crippen LogP contribution in [0, 0.1) is 11.3 Å². The van der Waals surface area contributed by atoms with Crippen molar-refractivity contribution in [2.45, 2.75) is 32.1 Å². The van der Waals surface area contributed by atoms with E-state index in [1.54, 1.807) is 18.2 Å². The van der Waals surface area contributed by atoms with Gasteiger partial charge in [-0.05, 0) is 12.0 Å². The number of aryl methyl sites for hydroxylation is 1. The van der Waals surface area contributed by atoms with E-state index in [0.29, 0.717) is 0 Å². The van der Waals surface area contributed by atoms with Gasteiger partial charge in [0.05, 0.1) is 6.07 Å². The Bertz CT molecular complexity index is 349. The van der Waals surface area contributed by atoms with Crippen LogP contribution in [0.3, 0.4) is 0 Å². The highest BCUT2D eigenvalue weighted by Crippen LogP contribution is 2.32. The maximum Gasteiger partial charge on any atom is 0.274 e. The van der Waals surface area contributed by atoms with Gasteiger partial charge in [-0.3, -0.25) is 0 Å². The van der Waals surface area contributed by atoms with Crippen molar-refractivity contribution in [2.75, 3.05) is 0 Å². The SMILES string of the molecule is CCc1ccc(C(F)(F)CCC#N)cc1. The summed E-state index contributed by atoms with van der Waals surface area (Å²) in [7, 11) is 0. The Morgan fingerprint density at radius 2 is 1.87 bits per heavy atom. The van der Waals surface area contributed by atoms with Crippen LogP contribution in [0.4, 0.5) is 8.78 Å². The molecule has 0 aliphatic carbocycles. The molecule has 3 heteroatoms. The molecule has 1 nitrogen and oxygen atoms in total. The molecule has 0 amide bonds. The summed E-state index contributed by atoms with van der Waals surface area (Å²) in [5.41, 5.74) is 1.03. The van der Waals surface area contributed by atoms with Crippen molar-refractivity contribution in [3.05, 3.63) is 35.4 Å². The van der Waals surface area contributed by atoms with Gasteiger partial charge in [0.1, 0.15) is 0 Å². The lowest BCUT2D eigenvalue weighted by Gasteiger charge is -2.15. The first-order chi connectivity index (χ1) is 7.10. The van der Waals surface area contributed by atoms with E-state index in [4.69, 9.17) is 5.26 Å². The van der Waals surface area contributed by atoms with E-state index in [2.05, 4.69) is 0 Å². The Balaban J connectivity index is 2.81. The minimum atomic E-state index is -2.89. The summed E-state index contributed by atoms with van der Waals surface area (Å²) in [5.74, 6) is -2.89. The minimum absolute atomic E-state index is 0.00468. The lowest BCUT2D eigenvalue weighted by molar-refractivity contribution is -0.0119. The van der Waals surface area contributed by atoms with E-state index < -0.39 is 12.3 Å². The van der Waals surface area contributed by atoms with Gasteiger partial charge < -0.3 is 0 Å². The van der Waals surface area contributed by atoms with Gasteiger partial charge in [-0.2, -0.15) is 5.26 Å². The van der Waals surface area contributed by atoms with Crippen molar-refractivity contribution < 1.29 is 8.78 Å². The molecule has 0 aliphatic rings. The molecule has 0 atom stereocenters. The Labute approximate surface area is 88.3 Å². The molecule has 0 saturated carbocycles. The van der Waals surface area contributed by atoms with E-state index in [0.717, 1.165) is 12.0 Å². The number of alkyl halides is 2. The third-order valence-electron chi connectivity index (χ3n) is 2.34. The fourth-order valence-corrected chi connectivity index (χ4v) is 1.34. The zero-order chi connectivity index (χ0) is 11.3. The second kappa shape index (κ2) is 4.88. The van der Waals surface area contributed by atoms with E-state index in [-0.39, 0.29) is 12.0 Å². The Hall–Kier alpha value is -1.43. The van der Waals surface area contributed by atoms with Crippen LogP contribution in [0.15, 0.2) is 24.3 Å². The fraction of sp³-hybridized carbons (Fsp3) is 0.417. The highest BCUT2D eigenvalue weighted by molar-refractivity contribution is 5.25. The first-order valence-electron chi connectivity index (χ1n) is 4.94. The molecule has 1 aromatic carbocycles. The standard InChI is InChI=1S/C12H13F2N/c1-2-10-4-6-11(7-5-10)12(13,14)8-3-9-15/h4-7H,2-3,8H2,1H3. The monoisotopic (exact) mass is 209 g/mol. The highest BCUT2D eigenvalue weighted by Gasteiger charge is 2.30. The Morgan fingerprint density at radius 3 is 2.33 bits per heavy atom. The van der Waals surface area contributed by atoms with Crippen molar-refractivity contribution in [1.29, 1.82) is 5.26 Å². The summed E-state index contributed by atoms with van der Waals surface area (Å²) in [6.45, 7) is 1.98. The molecule has 0 fully saturated rings. The molecule has 0 spiro atoms. The third-order valence-corrected chi connectivity index (χ3v) is 2.34. The van der Waals surface area contributed by atoms with Gasteiger partial charge in [0.2, 0.25) is 0 Å². The maximum absolute atomic E-state index is 13.4. The average molecular weight is 209 g/mol. The van der Waals surface area contributed by atoms with Crippen LogP contribution in [0.5, 0.6) is 0 Å².